The fraction of sp³-hybridized carbons (Fsp3) is 0.712. The Hall–Kier alpha value is -2.47. The summed E-state index contributed by atoms with van der Waals surface area (Å²) in [5.41, 5.74) is 7.83. The monoisotopic (exact) mass is 794 g/mol. The van der Waals surface area contributed by atoms with Crippen LogP contribution >= 0.6 is 0 Å². The fourth-order valence-electron chi connectivity index (χ4n) is 6.97. The van der Waals surface area contributed by atoms with Gasteiger partial charge in [-0.2, -0.15) is 0 Å². The predicted molar refractivity (Wildman–Crippen MR) is 264 cm³/mol. The van der Waals surface area contributed by atoms with Gasteiger partial charge in [0.1, 0.15) is 0 Å². The highest BCUT2D eigenvalue weighted by Crippen LogP contribution is 2.33. The standard InChI is InChI=1S/C27H41N5.C8H10.C4H10.C3H8.5C2H6/c1-4-29-11-7-23(8-12-29)30-15-17-31(18-16-30)24-9-13-32(14-10-24)27-22(3)20-28-26-6-5-21(2)19-25(26)27;1-7-3-5-8(2)6-4-7;1-3-4-2;1-3-2;5*1-2/h5-6,19-20,23-24H,4,7-18H2,1-3H3;3-6H,1-2H3;3-4H2,1-2H3;3H2,1-2H3;5*1-2H3. The maximum atomic E-state index is 4.68. The van der Waals surface area contributed by atoms with Crippen molar-refractivity contribution in [2.24, 2.45) is 0 Å². The highest BCUT2D eigenvalue weighted by atomic mass is 15.3. The molecule has 1 aromatic heterocycles. The van der Waals surface area contributed by atoms with Gasteiger partial charge in [-0.15, -0.1) is 0 Å². The summed E-state index contributed by atoms with van der Waals surface area (Å²) < 4.78 is 0. The van der Waals surface area contributed by atoms with E-state index in [4.69, 9.17) is 0 Å². The number of rotatable bonds is 5. The Bertz CT molecular complexity index is 1240. The number of aryl methyl sites for hydroxylation is 4. The molecule has 3 aliphatic rings. The first-order valence-electron chi connectivity index (χ1n) is 24.1. The number of piperidine rings is 2. The third-order valence-electron chi connectivity index (χ3n) is 10.1. The Kier molecular flexibility index (Phi) is 40.3. The minimum absolute atomic E-state index is 0.755. The molecule has 6 rings (SSSR count). The van der Waals surface area contributed by atoms with Crippen molar-refractivity contribution >= 4 is 16.6 Å². The van der Waals surface area contributed by atoms with Gasteiger partial charge in [0.05, 0.1) is 11.2 Å². The molecule has 5 nitrogen and oxygen atoms in total. The second-order valence-electron chi connectivity index (χ2n) is 14.1. The van der Waals surface area contributed by atoms with Gasteiger partial charge in [-0.25, -0.2) is 0 Å². The molecule has 0 spiro atoms. The molecule has 3 fully saturated rings. The number of aromatic nitrogens is 1. The summed E-state index contributed by atoms with van der Waals surface area (Å²) in [6.45, 7) is 50.7. The lowest BCUT2D eigenvalue weighted by Gasteiger charge is -2.46. The zero-order chi connectivity index (χ0) is 44.2. The van der Waals surface area contributed by atoms with Crippen LogP contribution in [0.1, 0.15) is 171 Å². The largest absolute Gasteiger partial charge is 0.371 e. The van der Waals surface area contributed by atoms with E-state index in [0.717, 1.165) is 30.7 Å². The third-order valence-corrected chi connectivity index (χ3v) is 10.1. The van der Waals surface area contributed by atoms with Crippen LogP contribution in [0.3, 0.4) is 0 Å². The van der Waals surface area contributed by atoms with Gasteiger partial charge in [0.15, 0.2) is 0 Å². The molecular formula is C52H99N5. The zero-order valence-electron chi connectivity index (χ0n) is 41.8. The van der Waals surface area contributed by atoms with Gasteiger partial charge in [-0.1, -0.05) is 170 Å². The number of hydrogen-bond donors (Lipinski definition) is 0. The van der Waals surface area contributed by atoms with Crippen LogP contribution in [0.2, 0.25) is 0 Å². The summed E-state index contributed by atoms with van der Waals surface area (Å²) in [6, 6.07) is 16.7. The van der Waals surface area contributed by atoms with Gasteiger partial charge in [0.2, 0.25) is 0 Å². The maximum absolute atomic E-state index is 4.68. The van der Waals surface area contributed by atoms with E-state index >= 15 is 0 Å². The lowest BCUT2D eigenvalue weighted by molar-refractivity contribution is 0.0384. The van der Waals surface area contributed by atoms with Gasteiger partial charge < -0.3 is 9.80 Å². The van der Waals surface area contributed by atoms with Crippen molar-refractivity contribution in [3.63, 3.8) is 0 Å². The van der Waals surface area contributed by atoms with Gasteiger partial charge in [-0.3, -0.25) is 14.8 Å². The molecule has 0 atom stereocenters. The Morgan fingerprint density at radius 2 is 0.877 bits per heavy atom. The van der Waals surface area contributed by atoms with Gasteiger partial charge >= 0.3 is 0 Å². The van der Waals surface area contributed by atoms with Crippen LogP contribution < -0.4 is 4.90 Å². The predicted octanol–water partition coefficient (Wildman–Crippen LogP) is 14.6. The molecule has 4 heterocycles. The summed E-state index contributed by atoms with van der Waals surface area (Å²) in [6.07, 6.45) is 11.2. The van der Waals surface area contributed by atoms with Crippen molar-refractivity contribution < 1.29 is 0 Å². The van der Waals surface area contributed by atoms with E-state index < -0.39 is 0 Å². The summed E-state index contributed by atoms with van der Waals surface area (Å²) in [7, 11) is 0. The number of nitrogens with zero attached hydrogens (tertiary/aromatic N) is 5. The Morgan fingerprint density at radius 1 is 0.509 bits per heavy atom. The van der Waals surface area contributed by atoms with Crippen molar-refractivity contribution in [2.45, 2.75) is 189 Å². The molecule has 0 unspecified atom stereocenters. The molecule has 2 aromatic carbocycles. The topological polar surface area (TPSA) is 25.9 Å². The van der Waals surface area contributed by atoms with Crippen LogP contribution in [-0.4, -0.2) is 90.7 Å². The number of unbranched alkanes of at least 4 members (excludes halogenated alkanes) is 1. The van der Waals surface area contributed by atoms with E-state index in [1.165, 1.54) is 124 Å². The van der Waals surface area contributed by atoms with Crippen molar-refractivity contribution in [3.05, 3.63) is 70.9 Å². The number of hydrogen-bond acceptors (Lipinski definition) is 5. The molecule has 0 N–H and O–H groups in total. The average molecular weight is 794 g/mol. The molecule has 5 heteroatoms. The summed E-state index contributed by atoms with van der Waals surface area (Å²) in [4.78, 5) is 15.5. The average Bonchev–Trinajstić information content (AvgIpc) is 3.29. The molecular weight excluding hydrogens is 695 g/mol. The molecule has 3 aliphatic heterocycles. The molecule has 0 radical (unpaired) electrons. The van der Waals surface area contributed by atoms with Crippen LogP contribution in [0.4, 0.5) is 5.69 Å². The van der Waals surface area contributed by atoms with E-state index in [1.54, 1.807) is 0 Å². The van der Waals surface area contributed by atoms with E-state index in [9.17, 15) is 0 Å². The first kappa shape index (κ1) is 58.8. The van der Waals surface area contributed by atoms with Gasteiger partial charge in [0.25, 0.3) is 0 Å². The zero-order valence-corrected chi connectivity index (χ0v) is 41.8. The van der Waals surface area contributed by atoms with Crippen molar-refractivity contribution in [2.75, 3.05) is 63.8 Å². The van der Waals surface area contributed by atoms with Crippen LogP contribution in [-0.2, 0) is 0 Å². The SMILES string of the molecule is CC.CC.CC.CC.CC.CCC.CCCC.CCN1CCC(N2CCN(C3CCN(c4c(C)cnc5ccc(C)cc45)CC3)CC2)CC1.Cc1ccc(C)cc1. The lowest BCUT2D eigenvalue weighted by atomic mass is 9.98. The molecule has 0 bridgehead atoms. The van der Waals surface area contributed by atoms with Crippen LogP contribution in [0, 0.1) is 27.7 Å². The molecule has 57 heavy (non-hydrogen) atoms. The highest BCUT2D eigenvalue weighted by Gasteiger charge is 2.31. The van der Waals surface area contributed by atoms with Gasteiger partial charge in [-0.05, 0) is 90.7 Å². The molecule has 0 aliphatic carbocycles. The van der Waals surface area contributed by atoms with E-state index in [-0.39, 0.29) is 0 Å². The number of anilines is 1. The molecule has 0 amide bonds. The van der Waals surface area contributed by atoms with E-state index in [1.807, 2.05) is 69.2 Å². The fourth-order valence-corrected chi connectivity index (χ4v) is 6.97. The Morgan fingerprint density at radius 3 is 1.25 bits per heavy atom. The van der Waals surface area contributed by atoms with Crippen molar-refractivity contribution in [1.29, 1.82) is 0 Å². The number of benzene rings is 2. The van der Waals surface area contributed by atoms with E-state index in [0.29, 0.717) is 0 Å². The van der Waals surface area contributed by atoms with Crippen LogP contribution in [0.5, 0.6) is 0 Å². The normalized spacial score (nSPS) is 15.7. The summed E-state index contributed by atoms with van der Waals surface area (Å²) >= 11 is 0. The first-order chi connectivity index (χ1) is 27.7. The van der Waals surface area contributed by atoms with Crippen LogP contribution in [0.15, 0.2) is 48.7 Å². The molecule has 3 saturated heterocycles. The molecule has 3 aromatic rings. The van der Waals surface area contributed by atoms with E-state index in [2.05, 4.69) is 136 Å². The van der Waals surface area contributed by atoms with Crippen molar-refractivity contribution in [3.8, 4) is 0 Å². The Balaban J connectivity index is -0.000000965. The number of piperazine rings is 1. The highest BCUT2D eigenvalue weighted by molar-refractivity contribution is 5.93. The quantitative estimate of drug-likeness (QED) is 0.256. The van der Waals surface area contributed by atoms with Gasteiger partial charge in [0, 0.05) is 62.9 Å². The number of likely N-dealkylation sites (tertiary alicyclic amines) is 1. The summed E-state index contributed by atoms with van der Waals surface area (Å²) in [5, 5.41) is 1.33. The summed E-state index contributed by atoms with van der Waals surface area (Å²) in [5.74, 6) is 0. The number of pyridine rings is 1. The second kappa shape index (κ2) is 39.0. The Labute approximate surface area is 358 Å². The minimum atomic E-state index is 0.755. The second-order valence-corrected chi connectivity index (χ2v) is 14.1. The third kappa shape index (κ3) is 23.0. The lowest BCUT2D eigenvalue weighted by Crippen LogP contribution is -2.56. The van der Waals surface area contributed by atoms with Crippen molar-refractivity contribution in [1.82, 2.24) is 19.7 Å². The number of fused-ring (bicyclic) bond motifs is 1. The molecule has 0 saturated carbocycles. The molecule has 332 valence electrons. The maximum Gasteiger partial charge on any atom is 0.0723 e. The first-order valence-corrected chi connectivity index (χ1v) is 24.1. The minimum Gasteiger partial charge on any atom is -0.371 e. The van der Waals surface area contributed by atoms with Crippen LogP contribution in [0.25, 0.3) is 10.9 Å². The smallest absolute Gasteiger partial charge is 0.0723 e.